The Balaban J connectivity index is 1.45. The molecule has 0 N–H and O–H groups in total. The van der Waals surface area contributed by atoms with E-state index in [2.05, 4.69) is 0 Å². The van der Waals surface area contributed by atoms with Crippen LogP contribution in [0.5, 0.6) is 5.75 Å². The van der Waals surface area contributed by atoms with Crippen molar-refractivity contribution in [2.24, 2.45) is 0 Å². The van der Waals surface area contributed by atoms with Crippen molar-refractivity contribution < 1.29 is 18.7 Å². The molecule has 0 unspecified atom stereocenters. The molecule has 3 rings (SSSR count). The smallest absolute Gasteiger partial charge is 0.419 e. The fourth-order valence-corrected chi connectivity index (χ4v) is 2.87. The van der Waals surface area contributed by atoms with E-state index in [-0.39, 0.29) is 13.2 Å². The minimum absolute atomic E-state index is 0.155. The Bertz CT molecular complexity index is 979. The van der Waals surface area contributed by atoms with Gasteiger partial charge < -0.3 is 13.9 Å². The summed E-state index contributed by atoms with van der Waals surface area (Å²) in [4.78, 5) is 23.6. The zero-order valence-electron chi connectivity index (χ0n) is 13.6. The Hall–Kier alpha value is -2.44. The minimum Gasteiger partial charge on any atom is -0.480 e. The van der Waals surface area contributed by atoms with Crippen LogP contribution in [0.15, 0.2) is 51.7 Å². The van der Waals surface area contributed by atoms with Crippen LogP contribution in [0.2, 0.25) is 10.0 Å². The number of hydrogen-bond donors (Lipinski definition) is 0. The molecular weight excluding hydrogens is 381 g/mol. The van der Waals surface area contributed by atoms with Crippen LogP contribution in [0.3, 0.4) is 0 Å². The van der Waals surface area contributed by atoms with Gasteiger partial charge in [0.15, 0.2) is 12.2 Å². The molecule has 0 fully saturated rings. The van der Waals surface area contributed by atoms with Crippen LogP contribution in [0, 0.1) is 0 Å². The molecule has 0 aliphatic rings. The first-order valence-electron chi connectivity index (χ1n) is 7.86. The second-order valence-corrected chi connectivity index (χ2v) is 6.27. The molecule has 1 aromatic heterocycles. The highest BCUT2D eigenvalue weighted by Crippen LogP contribution is 2.27. The van der Waals surface area contributed by atoms with Crippen LogP contribution < -0.4 is 10.5 Å². The lowest BCUT2D eigenvalue weighted by Crippen LogP contribution is -2.18. The predicted molar refractivity (Wildman–Crippen MR) is 98.0 cm³/mol. The van der Waals surface area contributed by atoms with Crippen molar-refractivity contribution >= 4 is 40.3 Å². The molecule has 26 heavy (non-hydrogen) atoms. The topological polar surface area (TPSA) is 70.7 Å². The molecule has 0 spiro atoms. The van der Waals surface area contributed by atoms with Gasteiger partial charge in [-0.2, -0.15) is 0 Å². The number of carbonyl (C=O) groups excluding carboxylic acids is 1. The van der Waals surface area contributed by atoms with E-state index in [1.807, 2.05) is 6.07 Å². The number of ether oxygens (including phenoxy) is 2. The van der Waals surface area contributed by atoms with Gasteiger partial charge in [-0.1, -0.05) is 35.3 Å². The van der Waals surface area contributed by atoms with Crippen molar-refractivity contribution in [1.82, 2.24) is 4.57 Å². The van der Waals surface area contributed by atoms with E-state index in [0.29, 0.717) is 39.9 Å². The molecule has 1 heterocycles. The largest absolute Gasteiger partial charge is 0.480 e. The van der Waals surface area contributed by atoms with Gasteiger partial charge in [0.2, 0.25) is 0 Å². The number of nitrogens with zero attached hydrogens (tertiary/aromatic N) is 1. The molecular formula is C18H15Cl2NO5. The number of aryl methyl sites for hydroxylation is 1. The second kappa shape index (κ2) is 8.29. The zero-order valence-corrected chi connectivity index (χ0v) is 15.1. The van der Waals surface area contributed by atoms with Gasteiger partial charge in [0.1, 0.15) is 5.75 Å². The normalized spacial score (nSPS) is 10.8. The highest BCUT2D eigenvalue weighted by Gasteiger charge is 2.10. The molecule has 0 aliphatic carbocycles. The van der Waals surface area contributed by atoms with E-state index in [1.165, 1.54) is 10.6 Å². The zero-order chi connectivity index (χ0) is 18.5. The van der Waals surface area contributed by atoms with Crippen LogP contribution in [0.25, 0.3) is 11.1 Å². The quantitative estimate of drug-likeness (QED) is 0.447. The molecule has 0 saturated heterocycles. The van der Waals surface area contributed by atoms with Crippen LogP contribution in [-0.2, 0) is 16.1 Å². The Morgan fingerprint density at radius 3 is 2.77 bits per heavy atom. The first-order chi connectivity index (χ1) is 12.5. The summed E-state index contributed by atoms with van der Waals surface area (Å²) < 4.78 is 17.0. The summed E-state index contributed by atoms with van der Waals surface area (Å²) in [6.45, 7) is 0.269. The number of hydrogen-bond acceptors (Lipinski definition) is 5. The van der Waals surface area contributed by atoms with Crippen molar-refractivity contribution in [3.05, 3.63) is 63.1 Å². The molecule has 0 aliphatic heterocycles. The Labute approximate surface area is 158 Å². The lowest BCUT2D eigenvalue weighted by molar-refractivity contribution is -0.146. The number of para-hydroxylation sites is 2. The van der Waals surface area contributed by atoms with Crippen molar-refractivity contribution in [1.29, 1.82) is 0 Å². The maximum Gasteiger partial charge on any atom is 0.419 e. The first kappa shape index (κ1) is 18.4. The summed E-state index contributed by atoms with van der Waals surface area (Å²) in [5.74, 6) is -0.608. The molecule has 136 valence electrons. The number of aromatic nitrogens is 1. The second-order valence-electron chi connectivity index (χ2n) is 5.42. The monoisotopic (exact) mass is 395 g/mol. The van der Waals surface area contributed by atoms with Gasteiger partial charge in [-0.25, -0.2) is 9.59 Å². The van der Waals surface area contributed by atoms with Gasteiger partial charge in [-0.05, 0) is 36.8 Å². The number of halogens is 2. The summed E-state index contributed by atoms with van der Waals surface area (Å²) in [6.07, 6.45) is 0.469. The Morgan fingerprint density at radius 2 is 1.96 bits per heavy atom. The molecule has 0 atom stereocenters. The lowest BCUT2D eigenvalue weighted by Gasteiger charge is -2.08. The minimum atomic E-state index is -0.527. The molecule has 0 saturated carbocycles. The van der Waals surface area contributed by atoms with E-state index in [1.54, 1.807) is 30.3 Å². The maximum absolute atomic E-state index is 11.8. The summed E-state index contributed by atoms with van der Waals surface area (Å²) in [7, 11) is 0. The SMILES string of the molecule is O=C(COc1ccc(Cl)cc1Cl)OCCCn1c(=O)oc2ccccc21. The fourth-order valence-electron chi connectivity index (χ4n) is 2.40. The molecule has 6 nitrogen and oxygen atoms in total. The van der Waals surface area contributed by atoms with Crippen molar-refractivity contribution in [3.8, 4) is 5.75 Å². The third-order valence-corrected chi connectivity index (χ3v) is 4.13. The number of rotatable bonds is 7. The first-order valence-corrected chi connectivity index (χ1v) is 8.62. The summed E-state index contributed by atoms with van der Waals surface area (Å²) >= 11 is 11.7. The number of fused-ring (bicyclic) bond motifs is 1. The molecule has 2 aromatic carbocycles. The summed E-state index contributed by atoms with van der Waals surface area (Å²) in [6, 6.07) is 11.9. The third kappa shape index (κ3) is 4.39. The van der Waals surface area contributed by atoms with Gasteiger partial charge >= 0.3 is 11.7 Å². The van der Waals surface area contributed by atoms with Crippen LogP contribution in [0.1, 0.15) is 6.42 Å². The van der Waals surface area contributed by atoms with Crippen LogP contribution >= 0.6 is 23.2 Å². The number of oxazole rings is 1. The molecule has 0 radical (unpaired) electrons. The van der Waals surface area contributed by atoms with Crippen molar-refractivity contribution in [3.63, 3.8) is 0 Å². The van der Waals surface area contributed by atoms with Gasteiger partial charge in [-0.3, -0.25) is 4.57 Å². The predicted octanol–water partition coefficient (Wildman–Crippen LogP) is 3.91. The van der Waals surface area contributed by atoms with E-state index >= 15 is 0 Å². The number of benzene rings is 2. The van der Waals surface area contributed by atoms with Gasteiger partial charge in [-0.15, -0.1) is 0 Å². The lowest BCUT2D eigenvalue weighted by atomic mass is 10.3. The van der Waals surface area contributed by atoms with Crippen LogP contribution in [0.4, 0.5) is 0 Å². The maximum atomic E-state index is 11.8. The number of carbonyl (C=O) groups is 1. The highest BCUT2D eigenvalue weighted by atomic mass is 35.5. The highest BCUT2D eigenvalue weighted by molar-refractivity contribution is 6.35. The van der Waals surface area contributed by atoms with Crippen molar-refractivity contribution in [2.75, 3.05) is 13.2 Å². The van der Waals surface area contributed by atoms with Gasteiger partial charge in [0.05, 0.1) is 17.1 Å². The molecule has 0 amide bonds. The Kier molecular flexibility index (Phi) is 5.85. The third-order valence-electron chi connectivity index (χ3n) is 3.60. The molecule has 3 aromatic rings. The molecule has 8 heteroatoms. The number of esters is 1. The summed E-state index contributed by atoms with van der Waals surface area (Å²) in [5.41, 5.74) is 1.24. The van der Waals surface area contributed by atoms with E-state index in [9.17, 15) is 9.59 Å². The van der Waals surface area contributed by atoms with Gasteiger partial charge in [0, 0.05) is 11.6 Å². The summed E-state index contributed by atoms with van der Waals surface area (Å²) in [5, 5.41) is 0.795. The van der Waals surface area contributed by atoms with Gasteiger partial charge in [0.25, 0.3) is 0 Å². The fraction of sp³-hybridized carbons (Fsp3) is 0.222. The van der Waals surface area contributed by atoms with E-state index in [4.69, 9.17) is 37.1 Å². The average Bonchev–Trinajstić information content (AvgIpc) is 2.93. The average molecular weight is 396 g/mol. The van der Waals surface area contributed by atoms with E-state index < -0.39 is 11.7 Å². The van der Waals surface area contributed by atoms with Crippen molar-refractivity contribution in [2.45, 2.75) is 13.0 Å². The van der Waals surface area contributed by atoms with E-state index in [0.717, 1.165) is 0 Å². The molecule has 0 bridgehead atoms. The Morgan fingerprint density at radius 1 is 1.15 bits per heavy atom. The van der Waals surface area contributed by atoms with Crippen LogP contribution in [-0.4, -0.2) is 23.8 Å². The standard InChI is InChI=1S/C18H15Cl2NO5/c19-12-6-7-15(13(20)10-12)25-11-17(22)24-9-3-8-21-14-4-1-2-5-16(14)26-18(21)23/h1-2,4-7,10H,3,8-9,11H2.